The molecule has 3 heterocycles. The summed E-state index contributed by atoms with van der Waals surface area (Å²) in [5.41, 5.74) is 2.47. The van der Waals surface area contributed by atoms with Crippen molar-refractivity contribution in [3.05, 3.63) is 24.3 Å². The van der Waals surface area contributed by atoms with Crippen LogP contribution in [-0.2, 0) is 0 Å². The maximum absolute atomic E-state index is 4.96. The molecular formula is C16H21N3S. The molecular weight excluding hydrogens is 266 g/mol. The van der Waals surface area contributed by atoms with Gasteiger partial charge in [-0.2, -0.15) is 11.8 Å². The molecule has 0 spiro atoms. The van der Waals surface area contributed by atoms with Crippen molar-refractivity contribution in [3.8, 4) is 0 Å². The van der Waals surface area contributed by atoms with Crippen molar-refractivity contribution in [3.63, 3.8) is 0 Å². The molecule has 0 N–H and O–H groups in total. The van der Waals surface area contributed by atoms with Crippen LogP contribution in [0.2, 0.25) is 0 Å². The number of anilines is 1. The molecule has 0 bridgehead atoms. The number of rotatable bonds is 2. The fourth-order valence-corrected chi connectivity index (χ4v) is 4.00. The molecule has 1 aromatic carbocycles. The Morgan fingerprint density at radius 3 is 2.45 bits per heavy atom. The number of nitrogens with zero attached hydrogens (tertiary/aromatic N) is 3. The topological polar surface area (TPSA) is 21.1 Å². The standard InChI is InChI=1S/C16H21N3S/c1-2-6-10-18(9-5-1)16-17-14-7-3-4-8-15(14)19(16)13-11-20-12-13/h3-4,7-8,13H,1-2,5-6,9-12H2. The van der Waals surface area contributed by atoms with E-state index >= 15 is 0 Å². The van der Waals surface area contributed by atoms with E-state index in [4.69, 9.17) is 4.98 Å². The highest BCUT2D eigenvalue weighted by atomic mass is 32.2. The number of hydrogen-bond donors (Lipinski definition) is 0. The van der Waals surface area contributed by atoms with Gasteiger partial charge in [0.15, 0.2) is 0 Å². The van der Waals surface area contributed by atoms with Gasteiger partial charge in [-0.15, -0.1) is 0 Å². The van der Waals surface area contributed by atoms with E-state index in [1.807, 2.05) is 11.8 Å². The molecule has 0 radical (unpaired) electrons. The van der Waals surface area contributed by atoms with E-state index in [0.717, 1.165) is 5.52 Å². The molecule has 2 aromatic rings. The Labute approximate surface area is 124 Å². The van der Waals surface area contributed by atoms with Crippen LogP contribution in [0.5, 0.6) is 0 Å². The number of fused-ring (bicyclic) bond motifs is 1. The quantitative estimate of drug-likeness (QED) is 0.840. The molecule has 0 atom stereocenters. The van der Waals surface area contributed by atoms with Crippen LogP contribution in [0, 0.1) is 0 Å². The van der Waals surface area contributed by atoms with Crippen LogP contribution in [0.4, 0.5) is 5.95 Å². The maximum Gasteiger partial charge on any atom is 0.206 e. The maximum atomic E-state index is 4.96. The Morgan fingerprint density at radius 2 is 1.75 bits per heavy atom. The van der Waals surface area contributed by atoms with Crippen molar-refractivity contribution in [2.75, 3.05) is 29.5 Å². The van der Waals surface area contributed by atoms with Gasteiger partial charge >= 0.3 is 0 Å². The third-order valence-electron chi connectivity index (χ3n) is 4.45. The molecule has 2 aliphatic heterocycles. The second-order valence-corrected chi connectivity index (χ2v) is 6.94. The smallest absolute Gasteiger partial charge is 0.206 e. The van der Waals surface area contributed by atoms with Gasteiger partial charge in [0.05, 0.1) is 17.1 Å². The summed E-state index contributed by atoms with van der Waals surface area (Å²) in [5, 5.41) is 0. The van der Waals surface area contributed by atoms with Gasteiger partial charge < -0.3 is 9.47 Å². The van der Waals surface area contributed by atoms with E-state index in [1.165, 1.54) is 61.7 Å². The monoisotopic (exact) mass is 287 g/mol. The molecule has 2 saturated heterocycles. The SMILES string of the molecule is c1ccc2c(c1)nc(N1CCCCCC1)n2C1CSC1. The Hall–Kier alpha value is -1.16. The lowest BCUT2D eigenvalue weighted by Gasteiger charge is -2.31. The lowest BCUT2D eigenvalue weighted by Crippen LogP contribution is -2.31. The number of benzene rings is 1. The Bertz CT molecular complexity index is 595. The Kier molecular flexibility index (Phi) is 3.34. The van der Waals surface area contributed by atoms with E-state index in [-0.39, 0.29) is 0 Å². The highest BCUT2D eigenvalue weighted by molar-refractivity contribution is 8.00. The van der Waals surface area contributed by atoms with Gasteiger partial charge in [0.2, 0.25) is 5.95 Å². The van der Waals surface area contributed by atoms with Crippen LogP contribution in [-0.4, -0.2) is 34.1 Å². The average molecular weight is 287 g/mol. The predicted molar refractivity (Wildman–Crippen MR) is 86.8 cm³/mol. The minimum atomic E-state index is 0.644. The molecule has 2 fully saturated rings. The number of imidazole rings is 1. The first-order chi connectivity index (χ1) is 9.93. The second kappa shape index (κ2) is 5.32. The number of hydrogen-bond acceptors (Lipinski definition) is 3. The summed E-state index contributed by atoms with van der Waals surface area (Å²) in [6.45, 7) is 2.34. The summed E-state index contributed by atoms with van der Waals surface area (Å²) in [6, 6.07) is 9.26. The largest absolute Gasteiger partial charge is 0.342 e. The van der Waals surface area contributed by atoms with E-state index < -0.39 is 0 Å². The highest BCUT2D eigenvalue weighted by Crippen LogP contribution is 2.36. The van der Waals surface area contributed by atoms with Gasteiger partial charge in [-0.3, -0.25) is 0 Å². The molecule has 4 heteroatoms. The molecule has 106 valence electrons. The van der Waals surface area contributed by atoms with Crippen molar-refractivity contribution in [2.24, 2.45) is 0 Å². The summed E-state index contributed by atoms with van der Waals surface area (Å²) in [4.78, 5) is 7.48. The Morgan fingerprint density at radius 1 is 1.00 bits per heavy atom. The first-order valence-corrected chi connectivity index (χ1v) is 8.88. The molecule has 1 aromatic heterocycles. The highest BCUT2D eigenvalue weighted by Gasteiger charge is 2.27. The van der Waals surface area contributed by atoms with Gasteiger partial charge in [0.25, 0.3) is 0 Å². The van der Waals surface area contributed by atoms with Crippen LogP contribution < -0.4 is 4.90 Å². The molecule has 0 saturated carbocycles. The number of thioether (sulfide) groups is 1. The van der Waals surface area contributed by atoms with Crippen molar-refractivity contribution < 1.29 is 0 Å². The fraction of sp³-hybridized carbons (Fsp3) is 0.562. The minimum absolute atomic E-state index is 0.644. The van der Waals surface area contributed by atoms with Crippen molar-refractivity contribution in [1.29, 1.82) is 0 Å². The first kappa shape index (κ1) is 12.6. The first-order valence-electron chi connectivity index (χ1n) is 7.73. The fourth-order valence-electron chi connectivity index (χ4n) is 3.26. The van der Waals surface area contributed by atoms with Crippen molar-refractivity contribution in [1.82, 2.24) is 9.55 Å². The van der Waals surface area contributed by atoms with Gasteiger partial charge in [-0.1, -0.05) is 25.0 Å². The second-order valence-electron chi connectivity index (χ2n) is 5.86. The summed E-state index contributed by atoms with van der Waals surface area (Å²) in [6.07, 6.45) is 5.36. The zero-order chi connectivity index (χ0) is 13.4. The molecule has 20 heavy (non-hydrogen) atoms. The third kappa shape index (κ3) is 2.10. The summed E-state index contributed by atoms with van der Waals surface area (Å²) in [5.74, 6) is 3.70. The molecule has 0 aliphatic carbocycles. The van der Waals surface area contributed by atoms with Crippen LogP contribution in [0.3, 0.4) is 0 Å². The summed E-state index contributed by atoms with van der Waals surface area (Å²) < 4.78 is 2.51. The van der Waals surface area contributed by atoms with E-state index in [0.29, 0.717) is 6.04 Å². The molecule has 2 aliphatic rings. The zero-order valence-electron chi connectivity index (χ0n) is 11.8. The normalized spacial score (nSPS) is 20.9. The van der Waals surface area contributed by atoms with Gasteiger partial charge in [0.1, 0.15) is 0 Å². The Balaban J connectivity index is 1.80. The van der Waals surface area contributed by atoms with Gasteiger partial charge in [-0.05, 0) is 25.0 Å². The van der Waals surface area contributed by atoms with Crippen LogP contribution in [0.1, 0.15) is 31.7 Å². The molecule has 0 unspecified atom stereocenters. The number of aromatic nitrogens is 2. The van der Waals surface area contributed by atoms with Crippen molar-refractivity contribution >= 4 is 28.7 Å². The third-order valence-corrected chi connectivity index (χ3v) is 5.69. The van der Waals surface area contributed by atoms with Crippen molar-refractivity contribution in [2.45, 2.75) is 31.7 Å². The lowest BCUT2D eigenvalue weighted by molar-refractivity contribution is 0.592. The van der Waals surface area contributed by atoms with Gasteiger partial charge in [0, 0.05) is 24.6 Å². The van der Waals surface area contributed by atoms with E-state index in [2.05, 4.69) is 33.7 Å². The molecule has 3 nitrogen and oxygen atoms in total. The van der Waals surface area contributed by atoms with Crippen LogP contribution in [0.15, 0.2) is 24.3 Å². The minimum Gasteiger partial charge on any atom is -0.342 e. The average Bonchev–Trinajstić information content (AvgIpc) is 2.62. The molecule has 0 amide bonds. The van der Waals surface area contributed by atoms with Crippen LogP contribution in [0.25, 0.3) is 11.0 Å². The summed E-state index contributed by atoms with van der Waals surface area (Å²) >= 11 is 2.04. The van der Waals surface area contributed by atoms with E-state index in [9.17, 15) is 0 Å². The zero-order valence-corrected chi connectivity index (χ0v) is 12.6. The van der Waals surface area contributed by atoms with E-state index in [1.54, 1.807) is 0 Å². The number of para-hydroxylation sites is 2. The van der Waals surface area contributed by atoms with Crippen LogP contribution >= 0.6 is 11.8 Å². The van der Waals surface area contributed by atoms with Gasteiger partial charge in [-0.25, -0.2) is 4.98 Å². The molecule has 4 rings (SSSR count). The predicted octanol–water partition coefficient (Wildman–Crippen LogP) is 3.70. The lowest BCUT2D eigenvalue weighted by atomic mass is 10.2. The summed E-state index contributed by atoms with van der Waals surface area (Å²) in [7, 11) is 0.